The monoisotopic (exact) mass is 367 g/mol. The minimum atomic E-state index is 0.558. The molecule has 5 nitrogen and oxygen atoms in total. The highest BCUT2D eigenvalue weighted by atomic mass is 15.1. The van der Waals surface area contributed by atoms with Crippen LogP contribution in [-0.4, -0.2) is 15.0 Å². The van der Waals surface area contributed by atoms with Gasteiger partial charge in [-0.3, -0.25) is 4.98 Å². The summed E-state index contributed by atoms with van der Waals surface area (Å²) in [7, 11) is 0. The lowest BCUT2D eigenvalue weighted by Gasteiger charge is -2.12. The summed E-state index contributed by atoms with van der Waals surface area (Å²) in [6.45, 7) is 2.63. The Bertz CT molecular complexity index is 1050. The maximum Gasteiger partial charge on any atom is 0.225 e. The molecule has 5 heteroatoms. The van der Waals surface area contributed by atoms with Crippen LogP contribution < -0.4 is 10.6 Å². The Balaban J connectivity index is 1.64. The van der Waals surface area contributed by atoms with Gasteiger partial charge in [-0.15, -0.1) is 0 Å². The normalized spacial score (nSPS) is 10.5. The number of aryl methyl sites for hydroxylation is 1. The molecular weight excluding hydrogens is 346 g/mol. The van der Waals surface area contributed by atoms with E-state index in [1.165, 1.54) is 5.56 Å². The first-order chi connectivity index (χ1) is 13.8. The van der Waals surface area contributed by atoms with Gasteiger partial charge < -0.3 is 10.6 Å². The lowest BCUT2D eigenvalue weighted by atomic mass is 10.1. The van der Waals surface area contributed by atoms with Crippen molar-refractivity contribution < 1.29 is 0 Å². The fourth-order valence-electron chi connectivity index (χ4n) is 2.89. The molecule has 2 aromatic carbocycles. The van der Waals surface area contributed by atoms with Crippen molar-refractivity contribution in [2.75, 3.05) is 10.6 Å². The molecule has 0 spiro atoms. The van der Waals surface area contributed by atoms with Gasteiger partial charge in [0, 0.05) is 23.5 Å². The number of nitrogens with one attached hydrogen (secondary N) is 2. The highest BCUT2D eigenvalue weighted by Gasteiger charge is 2.08. The van der Waals surface area contributed by atoms with E-state index in [1.807, 2.05) is 66.7 Å². The van der Waals surface area contributed by atoms with Crippen LogP contribution in [0.1, 0.15) is 11.3 Å². The van der Waals surface area contributed by atoms with Gasteiger partial charge in [0.15, 0.2) is 0 Å². The number of pyridine rings is 1. The number of hydrogen-bond donors (Lipinski definition) is 2. The molecule has 2 aromatic heterocycles. The molecule has 0 aliphatic carbocycles. The molecule has 138 valence electrons. The van der Waals surface area contributed by atoms with Gasteiger partial charge >= 0.3 is 0 Å². The minimum Gasteiger partial charge on any atom is -0.348 e. The van der Waals surface area contributed by atoms with Gasteiger partial charge in [-0.25, -0.2) is 4.98 Å². The molecule has 0 saturated carbocycles. The SMILES string of the molecule is Cc1cccc(Nc2cc(-c3ccccc3)nc(NCc3ccccn3)n2)c1. The second-order valence-corrected chi connectivity index (χ2v) is 6.50. The van der Waals surface area contributed by atoms with E-state index in [0.29, 0.717) is 12.5 Å². The fourth-order valence-corrected chi connectivity index (χ4v) is 2.89. The molecule has 0 fully saturated rings. The molecule has 2 N–H and O–H groups in total. The zero-order valence-corrected chi connectivity index (χ0v) is 15.6. The summed E-state index contributed by atoms with van der Waals surface area (Å²) in [6.07, 6.45) is 1.78. The first-order valence-electron chi connectivity index (χ1n) is 9.18. The molecule has 0 amide bonds. The maximum atomic E-state index is 4.69. The van der Waals surface area contributed by atoms with Crippen molar-refractivity contribution in [1.29, 1.82) is 0 Å². The summed E-state index contributed by atoms with van der Waals surface area (Å²) >= 11 is 0. The molecule has 4 aromatic rings. The Hall–Kier alpha value is -3.73. The first-order valence-corrected chi connectivity index (χ1v) is 9.18. The number of benzene rings is 2. The van der Waals surface area contributed by atoms with Crippen molar-refractivity contribution in [1.82, 2.24) is 15.0 Å². The summed E-state index contributed by atoms with van der Waals surface area (Å²) in [6, 6.07) is 26.1. The van der Waals surface area contributed by atoms with E-state index >= 15 is 0 Å². The molecule has 0 bridgehead atoms. The van der Waals surface area contributed by atoms with Gasteiger partial charge in [0.05, 0.1) is 17.9 Å². The van der Waals surface area contributed by atoms with Crippen LogP contribution in [0.3, 0.4) is 0 Å². The average molecular weight is 367 g/mol. The molecule has 0 radical (unpaired) electrons. The average Bonchev–Trinajstić information content (AvgIpc) is 2.74. The van der Waals surface area contributed by atoms with Gasteiger partial charge in [0.2, 0.25) is 5.95 Å². The molecule has 2 heterocycles. The van der Waals surface area contributed by atoms with Crippen molar-refractivity contribution in [2.45, 2.75) is 13.5 Å². The van der Waals surface area contributed by atoms with Crippen LogP contribution >= 0.6 is 0 Å². The number of nitrogens with zero attached hydrogens (tertiary/aromatic N) is 3. The predicted molar refractivity (Wildman–Crippen MR) is 113 cm³/mol. The van der Waals surface area contributed by atoms with E-state index < -0.39 is 0 Å². The van der Waals surface area contributed by atoms with Crippen LogP contribution in [0.4, 0.5) is 17.5 Å². The summed E-state index contributed by atoms with van der Waals surface area (Å²) in [5, 5.41) is 6.67. The first kappa shape index (κ1) is 17.7. The molecule has 0 saturated heterocycles. The van der Waals surface area contributed by atoms with Crippen molar-refractivity contribution in [2.24, 2.45) is 0 Å². The van der Waals surface area contributed by atoms with Crippen LogP contribution in [0.2, 0.25) is 0 Å². The van der Waals surface area contributed by atoms with E-state index in [4.69, 9.17) is 0 Å². The van der Waals surface area contributed by atoms with Gasteiger partial charge in [-0.2, -0.15) is 4.98 Å². The topological polar surface area (TPSA) is 62.7 Å². The third-order valence-corrected chi connectivity index (χ3v) is 4.24. The standard InChI is InChI=1S/C23H21N5/c1-17-8-7-12-19(14-17)26-22-15-21(18-9-3-2-4-10-18)27-23(28-22)25-16-20-11-5-6-13-24-20/h2-15H,16H2,1H3,(H2,25,26,27,28). The Kier molecular flexibility index (Phi) is 5.24. The summed E-state index contributed by atoms with van der Waals surface area (Å²) in [5.74, 6) is 1.30. The fraction of sp³-hybridized carbons (Fsp3) is 0.0870. The summed E-state index contributed by atoms with van der Waals surface area (Å²) in [4.78, 5) is 13.7. The van der Waals surface area contributed by atoms with Gasteiger partial charge in [0.1, 0.15) is 5.82 Å². The van der Waals surface area contributed by atoms with E-state index in [-0.39, 0.29) is 0 Å². The van der Waals surface area contributed by atoms with Crippen LogP contribution in [0.25, 0.3) is 11.3 Å². The molecule has 0 unspecified atom stereocenters. The van der Waals surface area contributed by atoms with E-state index in [0.717, 1.165) is 28.5 Å². The third kappa shape index (κ3) is 4.51. The van der Waals surface area contributed by atoms with Crippen molar-refractivity contribution in [3.05, 3.63) is 96.3 Å². The van der Waals surface area contributed by atoms with Gasteiger partial charge in [-0.1, -0.05) is 48.5 Å². The van der Waals surface area contributed by atoms with Crippen molar-refractivity contribution >= 4 is 17.5 Å². The minimum absolute atomic E-state index is 0.558. The lowest BCUT2D eigenvalue weighted by Crippen LogP contribution is -2.07. The Morgan fingerprint density at radius 1 is 0.821 bits per heavy atom. The smallest absolute Gasteiger partial charge is 0.225 e. The lowest BCUT2D eigenvalue weighted by molar-refractivity contribution is 1.00. The molecule has 0 aliphatic rings. The van der Waals surface area contributed by atoms with Crippen LogP contribution in [-0.2, 0) is 6.54 Å². The maximum absolute atomic E-state index is 4.69. The van der Waals surface area contributed by atoms with Crippen molar-refractivity contribution in [3.63, 3.8) is 0 Å². The molecular formula is C23H21N5. The number of anilines is 3. The van der Waals surface area contributed by atoms with Gasteiger partial charge in [-0.05, 0) is 36.8 Å². The quantitative estimate of drug-likeness (QED) is 0.490. The van der Waals surface area contributed by atoms with Crippen LogP contribution in [0, 0.1) is 6.92 Å². The molecule has 0 atom stereocenters. The van der Waals surface area contributed by atoms with E-state index in [9.17, 15) is 0 Å². The second-order valence-electron chi connectivity index (χ2n) is 6.50. The second kappa shape index (κ2) is 8.31. The Labute approximate surface area is 164 Å². The van der Waals surface area contributed by atoms with Gasteiger partial charge in [0.25, 0.3) is 0 Å². The zero-order valence-electron chi connectivity index (χ0n) is 15.6. The number of aromatic nitrogens is 3. The number of rotatable bonds is 6. The van der Waals surface area contributed by atoms with Crippen LogP contribution in [0.5, 0.6) is 0 Å². The molecule has 4 rings (SSSR count). The summed E-state index contributed by atoms with van der Waals surface area (Å²) in [5.41, 5.74) is 5.01. The summed E-state index contributed by atoms with van der Waals surface area (Å²) < 4.78 is 0. The zero-order chi connectivity index (χ0) is 19.2. The Morgan fingerprint density at radius 2 is 1.68 bits per heavy atom. The highest BCUT2D eigenvalue weighted by molar-refractivity contribution is 5.67. The Morgan fingerprint density at radius 3 is 2.46 bits per heavy atom. The van der Waals surface area contributed by atoms with E-state index in [2.05, 4.69) is 44.6 Å². The highest BCUT2D eigenvalue weighted by Crippen LogP contribution is 2.24. The van der Waals surface area contributed by atoms with Crippen molar-refractivity contribution in [3.8, 4) is 11.3 Å². The molecule has 28 heavy (non-hydrogen) atoms. The van der Waals surface area contributed by atoms with Crippen LogP contribution in [0.15, 0.2) is 85.1 Å². The number of hydrogen-bond acceptors (Lipinski definition) is 5. The predicted octanol–water partition coefficient (Wildman–Crippen LogP) is 5.20. The van der Waals surface area contributed by atoms with E-state index in [1.54, 1.807) is 6.20 Å². The molecule has 0 aliphatic heterocycles. The largest absolute Gasteiger partial charge is 0.348 e. The third-order valence-electron chi connectivity index (χ3n) is 4.24.